The zero-order chi connectivity index (χ0) is 12.3. The van der Waals surface area contributed by atoms with Crippen molar-refractivity contribution in [1.29, 1.82) is 0 Å². The van der Waals surface area contributed by atoms with Gasteiger partial charge in [0.05, 0.1) is 4.92 Å². The van der Waals surface area contributed by atoms with Gasteiger partial charge in [-0.25, -0.2) is 0 Å². The molecule has 0 bridgehead atoms. The maximum Gasteiger partial charge on any atom is 0.269 e. The first-order chi connectivity index (χ1) is 8.20. The molecule has 0 spiro atoms. The number of nitro benzene ring substituents is 1. The van der Waals surface area contributed by atoms with E-state index in [-0.39, 0.29) is 5.69 Å². The largest absolute Gasteiger partial charge is 0.339 e. The van der Waals surface area contributed by atoms with Crippen molar-refractivity contribution in [3.8, 4) is 11.4 Å². The summed E-state index contributed by atoms with van der Waals surface area (Å²) in [6.45, 7) is 0. The number of aryl methyl sites for hydroxylation is 1. The molecular weight excluding hydrogens is 246 g/mol. The number of nitro groups is 1. The van der Waals surface area contributed by atoms with Gasteiger partial charge < -0.3 is 4.52 Å². The summed E-state index contributed by atoms with van der Waals surface area (Å²) in [4.78, 5) is 14.1. The minimum atomic E-state index is -0.459. The Morgan fingerprint density at radius 3 is 2.65 bits per heavy atom. The summed E-state index contributed by atoms with van der Waals surface area (Å²) in [6.07, 6.45) is 0.502. The second-order valence-electron chi connectivity index (χ2n) is 3.25. The van der Waals surface area contributed by atoms with Crippen LogP contribution in [0, 0.1) is 10.1 Å². The highest BCUT2D eigenvalue weighted by Crippen LogP contribution is 2.19. The highest BCUT2D eigenvalue weighted by Gasteiger charge is 2.10. The van der Waals surface area contributed by atoms with Crippen molar-refractivity contribution in [2.75, 3.05) is 5.88 Å². The van der Waals surface area contributed by atoms with Gasteiger partial charge in [0.15, 0.2) is 0 Å². The fraction of sp³-hybridized carbons (Fsp3) is 0.200. The van der Waals surface area contributed by atoms with Gasteiger partial charge >= 0.3 is 0 Å². The Kier molecular flexibility index (Phi) is 3.34. The van der Waals surface area contributed by atoms with E-state index >= 15 is 0 Å². The first-order valence-electron chi connectivity index (χ1n) is 4.84. The Labute approximate surface area is 101 Å². The van der Waals surface area contributed by atoms with Gasteiger partial charge in [-0.05, 0) is 12.1 Å². The molecule has 0 aliphatic carbocycles. The van der Waals surface area contributed by atoms with Crippen molar-refractivity contribution in [2.45, 2.75) is 6.42 Å². The third kappa shape index (κ3) is 2.59. The topological polar surface area (TPSA) is 82.1 Å². The number of alkyl halides is 1. The molecule has 1 heterocycles. The molecular formula is C10H8ClN3O3. The zero-order valence-electron chi connectivity index (χ0n) is 8.67. The molecule has 0 aliphatic rings. The van der Waals surface area contributed by atoms with E-state index in [4.69, 9.17) is 16.1 Å². The molecule has 0 radical (unpaired) electrons. The molecule has 0 unspecified atom stereocenters. The van der Waals surface area contributed by atoms with E-state index in [1.54, 1.807) is 12.1 Å². The van der Waals surface area contributed by atoms with Crippen molar-refractivity contribution in [2.24, 2.45) is 0 Å². The molecule has 1 aromatic heterocycles. The SMILES string of the molecule is O=[N+]([O-])c1ccc(-c2noc(CCCl)n2)cc1. The summed E-state index contributed by atoms with van der Waals surface area (Å²) >= 11 is 5.54. The Morgan fingerprint density at radius 1 is 1.35 bits per heavy atom. The normalized spacial score (nSPS) is 10.4. The molecule has 0 amide bonds. The van der Waals surface area contributed by atoms with Crippen LogP contribution in [0.15, 0.2) is 28.8 Å². The van der Waals surface area contributed by atoms with Crippen LogP contribution in [0.2, 0.25) is 0 Å². The Morgan fingerprint density at radius 2 is 2.06 bits per heavy atom. The predicted octanol–water partition coefficient (Wildman–Crippen LogP) is 2.43. The number of aromatic nitrogens is 2. The van der Waals surface area contributed by atoms with Crippen LogP contribution >= 0.6 is 11.6 Å². The number of hydrogen-bond donors (Lipinski definition) is 0. The molecule has 0 saturated carbocycles. The molecule has 0 N–H and O–H groups in total. The molecule has 6 nitrogen and oxygen atoms in total. The van der Waals surface area contributed by atoms with Gasteiger partial charge in [-0.3, -0.25) is 10.1 Å². The quantitative estimate of drug-likeness (QED) is 0.475. The van der Waals surface area contributed by atoms with Crippen LogP contribution in [0.1, 0.15) is 5.89 Å². The third-order valence-corrected chi connectivity index (χ3v) is 2.30. The summed E-state index contributed by atoms with van der Waals surface area (Å²) in [5.41, 5.74) is 0.693. The minimum Gasteiger partial charge on any atom is -0.339 e. The monoisotopic (exact) mass is 253 g/mol. The molecule has 0 saturated heterocycles. The minimum absolute atomic E-state index is 0.0261. The van der Waals surface area contributed by atoms with Gasteiger partial charge in [-0.15, -0.1) is 11.6 Å². The van der Waals surface area contributed by atoms with Crippen LogP contribution in [0.4, 0.5) is 5.69 Å². The fourth-order valence-electron chi connectivity index (χ4n) is 1.29. The molecule has 2 aromatic rings. The number of halogens is 1. The molecule has 7 heteroatoms. The Hall–Kier alpha value is -1.95. The highest BCUT2D eigenvalue weighted by molar-refractivity contribution is 6.17. The molecule has 0 aliphatic heterocycles. The summed E-state index contributed by atoms with van der Waals surface area (Å²) in [7, 11) is 0. The second-order valence-corrected chi connectivity index (χ2v) is 3.63. The lowest BCUT2D eigenvalue weighted by Gasteiger charge is -1.93. The summed E-state index contributed by atoms with van der Waals surface area (Å²) in [5.74, 6) is 1.26. The summed E-state index contributed by atoms with van der Waals surface area (Å²) < 4.78 is 4.96. The van der Waals surface area contributed by atoms with Gasteiger partial charge in [-0.2, -0.15) is 4.98 Å². The summed E-state index contributed by atoms with van der Waals surface area (Å²) in [5, 5.41) is 14.2. The molecule has 0 fully saturated rings. The lowest BCUT2D eigenvalue weighted by molar-refractivity contribution is -0.384. The van der Waals surface area contributed by atoms with Gasteiger partial charge in [-0.1, -0.05) is 5.16 Å². The predicted molar refractivity (Wildman–Crippen MR) is 60.8 cm³/mol. The Bertz CT molecular complexity index is 524. The first-order valence-corrected chi connectivity index (χ1v) is 5.37. The van der Waals surface area contributed by atoms with Crippen molar-refractivity contribution in [3.05, 3.63) is 40.3 Å². The molecule has 2 rings (SSSR count). The molecule has 0 atom stereocenters. The molecule has 88 valence electrons. The van der Waals surface area contributed by atoms with Gasteiger partial charge in [0.25, 0.3) is 5.69 Å². The van der Waals surface area contributed by atoms with Crippen LogP contribution in [0.25, 0.3) is 11.4 Å². The van der Waals surface area contributed by atoms with E-state index in [1.165, 1.54) is 12.1 Å². The van der Waals surface area contributed by atoms with Crippen molar-refractivity contribution >= 4 is 17.3 Å². The van der Waals surface area contributed by atoms with E-state index in [2.05, 4.69) is 10.1 Å². The van der Waals surface area contributed by atoms with Gasteiger partial charge in [0.1, 0.15) is 0 Å². The maximum atomic E-state index is 10.5. The van der Waals surface area contributed by atoms with Crippen molar-refractivity contribution in [1.82, 2.24) is 10.1 Å². The van der Waals surface area contributed by atoms with E-state index < -0.39 is 4.92 Å². The standard InChI is InChI=1S/C10H8ClN3O3/c11-6-5-9-12-10(13-17-9)7-1-3-8(4-2-7)14(15)16/h1-4H,5-6H2. The van der Waals surface area contributed by atoms with Gasteiger partial charge in [0.2, 0.25) is 11.7 Å². The van der Waals surface area contributed by atoms with E-state index in [0.29, 0.717) is 29.6 Å². The van der Waals surface area contributed by atoms with Gasteiger partial charge in [0, 0.05) is 30.0 Å². The average Bonchev–Trinajstić information content (AvgIpc) is 2.78. The lowest BCUT2D eigenvalue weighted by atomic mass is 10.2. The lowest BCUT2D eigenvalue weighted by Crippen LogP contribution is -1.88. The maximum absolute atomic E-state index is 10.5. The third-order valence-electron chi connectivity index (χ3n) is 2.11. The van der Waals surface area contributed by atoms with E-state index in [9.17, 15) is 10.1 Å². The first kappa shape index (κ1) is 11.5. The smallest absolute Gasteiger partial charge is 0.269 e. The van der Waals surface area contributed by atoms with Crippen molar-refractivity contribution in [3.63, 3.8) is 0 Å². The molecule has 1 aromatic carbocycles. The number of nitrogens with zero attached hydrogens (tertiary/aromatic N) is 3. The van der Waals surface area contributed by atoms with Crippen LogP contribution in [0.3, 0.4) is 0 Å². The van der Waals surface area contributed by atoms with E-state index in [1.807, 2.05) is 0 Å². The van der Waals surface area contributed by atoms with E-state index in [0.717, 1.165) is 0 Å². The van der Waals surface area contributed by atoms with Crippen LogP contribution < -0.4 is 0 Å². The van der Waals surface area contributed by atoms with Crippen molar-refractivity contribution < 1.29 is 9.45 Å². The fourth-order valence-corrected chi connectivity index (χ4v) is 1.45. The summed E-state index contributed by atoms with van der Waals surface area (Å²) in [6, 6.07) is 5.95. The van der Waals surface area contributed by atoms with Crippen LogP contribution in [0.5, 0.6) is 0 Å². The van der Waals surface area contributed by atoms with Crippen LogP contribution in [-0.2, 0) is 6.42 Å². The molecule has 17 heavy (non-hydrogen) atoms. The number of hydrogen-bond acceptors (Lipinski definition) is 5. The highest BCUT2D eigenvalue weighted by atomic mass is 35.5. The zero-order valence-corrected chi connectivity index (χ0v) is 9.42. The van der Waals surface area contributed by atoms with Crippen LogP contribution in [-0.4, -0.2) is 20.9 Å². The second kappa shape index (κ2) is 4.92. The number of rotatable bonds is 4. The number of non-ortho nitro benzene ring substituents is 1. The Balaban J connectivity index is 2.23. The number of benzene rings is 1. The average molecular weight is 254 g/mol.